The number of esters is 1. The van der Waals surface area contributed by atoms with Crippen molar-refractivity contribution < 1.29 is 14.3 Å². The van der Waals surface area contributed by atoms with Gasteiger partial charge < -0.3 is 9.47 Å². The van der Waals surface area contributed by atoms with Crippen LogP contribution in [0.1, 0.15) is 25.8 Å². The van der Waals surface area contributed by atoms with Crippen molar-refractivity contribution in [2.75, 3.05) is 7.11 Å². The SMILES string of the molecule is COC(=O)[C@H]1OC(c2ccccc2)=N[C@]12C[C@H]2C(C)C. The molecule has 1 aliphatic carbocycles. The highest BCUT2D eigenvalue weighted by atomic mass is 16.6. The van der Waals surface area contributed by atoms with E-state index in [-0.39, 0.29) is 5.97 Å². The molecular weight excluding hydrogens is 254 g/mol. The smallest absolute Gasteiger partial charge is 0.349 e. The second-order valence-electron chi connectivity index (χ2n) is 5.85. The Kier molecular flexibility index (Phi) is 3.04. The minimum absolute atomic E-state index is 0.331. The third-order valence-corrected chi connectivity index (χ3v) is 4.26. The number of ether oxygens (including phenoxy) is 2. The Bertz CT molecular complexity index is 552. The summed E-state index contributed by atoms with van der Waals surface area (Å²) in [5.41, 5.74) is 0.500. The summed E-state index contributed by atoms with van der Waals surface area (Å²) in [5, 5.41) is 0. The number of aliphatic imine (C=N–C) groups is 1. The van der Waals surface area contributed by atoms with Crippen LogP contribution in [0.25, 0.3) is 0 Å². The molecule has 2 aliphatic rings. The molecular formula is C16H19NO3. The Labute approximate surface area is 118 Å². The lowest BCUT2D eigenvalue weighted by molar-refractivity contribution is -0.150. The fraction of sp³-hybridized carbons (Fsp3) is 0.500. The molecule has 0 aromatic heterocycles. The minimum atomic E-state index is -0.602. The summed E-state index contributed by atoms with van der Waals surface area (Å²) >= 11 is 0. The molecule has 3 rings (SSSR count). The van der Waals surface area contributed by atoms with Gasteiger partial charge in [-0.05, 0) is 30.4 Å². The summed E-state index contributed by atoms with van der Waals surface area (Å²) in [5.74, 6) is 1.09. The third-order valence-electron chi connectivity index (χ3n) is 4.26. The first-order valence-corrected chi connectivity index (χ1v) is 6.98. The Morgan fingerprint density at radius 2 is 2.10 bits per heavy atom. The maximum atomic E-state index is 12.0. The molecule has 1 heterocycles. The summed E-state index contributed by atoms with van der Waals surface area (Å²) in [6, 6.07) is 9.71. The number of carbonyl (C=O) groups is 1. The highest BCUT2D eigenvalue weighted by Crippen LogP contribution is 2.57. The molecule has 20 heavy (non-hydrogen) atoms. The lowest BCUT2D eigenvalue weighted by Gasteiger charge is -2.16. The first-order valence-electron chi connectivity index (χ1n) is 6.98. The van der Waals surface area contributed by atoms with Crippen LogP contribution in [0.2, 0.25) is 0 Å². The molecule has 1 fully saturated rings. The maximum absolute atomic E-state index is 12.0. The monoisotopic (exact) mass is 273 g/mol. The van der Waals surface area contributed by atoms with Crippen molar-refractivity contribution in [3.63, 3.8) is 0 Å². The Hall–Kier alpha value is -1.84. The van der Waals surface area contributed by atoms with Crippen molar-refractivity contribution in [1.29, 1.82) is 0 Å². The number of rotatable bonds is 3. The van der Waals surface area contributed by atoms with Gasteiger partial charge in [0.2, 0.25) is 12.0 Å². The fourth-order valence-electron chi connectivity index (χ4n) is 3.10. The van der Waals surface area contributed by atoms with Crippen LogP contribution in [0.15, 0.2) is 35.3 Å². The van der Waals surface area contributed by atoms with Crippen molar-refractivity contribution in [1.82, 2.24) is 0 Å². The average Bonchev–Trinajstić information content (AvgIpc) is 3.05. The van der Waals surface area contributed by atoms with Crippen LogP contribution in [0.3, 0.4) is 0 Å². The summed E-state index contributed by atoms with van der Waals surface area (Å²) in [6.45, 7) is 4.31. The lowest BCUT2D eigenvalue weighted by atomic mass is 10.0. The first kappa shape index (κ1) is 13.2. The van der Waals surface area contributed by atoms with Gasteiger partial charge in [-0.25, -0.2) is 9.79 Å². The van der Waals surface area contributed by atoms with Gasteiger partial charge in [-0.2, -0.15) is 0 Å². The van der Waals surface area contributed by atoms with Crippen LogP contribution >= 0.6 is 0 Å². The normalized spacial score (nSPS) is 31.1. The third kappa shape index (κ3) is 1.90. The van der Waals surface area contributed by atoms with Crippen LogP contribution in [0.4, 0.5) is 0 Å². The van der Waals surface area contributed by atoms with E-state index in [9.17, 15) is 4.79 Å². The molecule has 1 saturated carbocycles. The zero-order chi connectivity index (χ0) is 14.3. The number of carbonyl (C=O) groups excluding carboxylic acids is 1. The Morgan fingerprint density at radius 3 is 2.65 bits per heavy atom. The van der Waals surface area contributed by atoms with Gasteiger partial charge in [-0.1, -0.05) is 32.0 Å². The van der Waals surface area contributed by atoms with Crippen LogP contribution < -0.4 is 0 Å². The molecule has 0 unspecified atom stereocenters. The predicted molar refractivity (Wildman–Crippen MR) is 75.5 cm³/mol. The summed E-state index contributed by atoms with van der Waals surface area (Å²) in [7, 11) is 1.40. The maximum Gasteiger partial charge on any atom is 0.349 e. The summed E-state index contributed by atoms with van der Waals surface area (Å²) in [6.07, 6.45) is 0.288. The van der Waals surface area contributed by atoms with E-state index in [4.69, 9.17) is 14.5 Å². The molecule has 3 atom stereocenters. The van der Waals surface area contributed by atoms with E-state index in [0.717, 1.165) is 12.0 Å². The molecule has 4 nitrogen and oxygen atoms in total. The molecule has 0 radical (unpaired) electrons. The van der Waals surface area contributed by atoms with Gasteiger partial charge in [0.1, 0.15) is 5.54 Å². The number of nitrogens with zero attached hydrogens (tertiary/aromatic N) is 1. The van der Waals surface area contributed by atoms with Crippen LogP contribution in [-0.2, 0) is 14.3 Å². The molecule has 106 valence electrons. The second kappa shape index (κ2) is 4.62. The molecule has 1 spiro atoms. The topological polar surface area (TPSA) is 47.9 Å². The van der Waals surface area contributed by atoms with E-state index in [1.807, 2.05) is 30.3 Å². The highest BCUT2D eigenvalue weighted by molar-refractivity contribution is 5.99. The van der Waals surface area contributed by atoms with Gasteiger partial charge in [0.25, 0.3) is 0 Å². The van der Waals surface area contributed by atoms with Gasteiger partial charge >= 0.3 is 5.97 Å². The Balaban J connectivity index is 1.93. The van der Waals surface area contributed by atoms with Gasteiger partial charge in [0.15, 0.2) is 0 Å². The van der Waals surface area contributed by atoms with E-state index in [0.29, 0.717) is 17.7 Å². The largest absolute Gasteiger partial charge is 0.466 e. The average molecular weight is 273 g/mol. The Morgan fingerprint density at radius 1 is 1.40 bits per heavy atom. The van der Waals surface area contributed by atoms with Crippen LogP contribution in [0.5, 0.6) is 0 Å². The molecule has 1 aliphatic heterocycles. The lowest BCUT2D eigenvalue weighted by Crippen LogP contribution is -2.36. The van der Waals surface area contributed by atoms with Gasteiger partial charge in [0, 0.05) is 5.56 Å². The summed E-state index contributed by atoms with van der Waals surface area (Å²) < 4.78 is 10.7. The molecule has 0 amide bonds. The van der Waals surface area contributed by atoms with E-state index in [1.165, 1.54) is 7.11 Å². The number of methoxy groups -OCH3 is 1. The number of hydrogen-bond acceptors (Lipinski definition) is 4. The molecule has 0 N–H and O–H groups in total. The minimum Gasteiger partial charge on any atom is -0.466 e. The zero-order valence-corrected chi connectivity index (χ0v) is 12.0. The number of hydrogen-bond donors (Lipinski definition) is 0. The molecule has 1 aromatic rings. The summed E-state index contributed by atoms with van der Waals surface area (Å²) in [4.78, 5) is 16.7. The standard InChI is InChI=1S/C16H19NO3/c1-10(2)12-9-16(12)13(15(18)19-3)20-14(17-16)11-7-5-4-6-8-11/h4-8,10,12-13H,9H2,1-3H3/t12-,13+,16-/m0/s1. The molecule has 0 bridgehead atoms. The quantitative estimate of drug-likeness (QED) is 0.795. The fourth-order valence-corrected chi connectivity index (χ4v) is 3.10. The van der Waals surface area contributed by atoms with E-state index < -0.39 is 11.6 Å². The van der Waals surface area contributed by atoms with Gasteiger partial charge in [-0.3, -0.25) is 0 Å². The second-order valence-corrected chi connectivity index (χ2v) is 5.85. The van der Waals surface area contributed by atoms with Crippen molar-refractivity contribution in [2.24, 2.45) is 16.8 Å². The molecule has 4 heteroatoms. The first-order chi connectivity index (χ1) is 9.58. The van der Waals surface area contributed by atoms with E-state index in [2.05, 4.69) is 13.8 Å². The van der Waals surface area contributed by atoms with Crippen molar-refractivity contribution in [3.05, 3.63) is 35.9 Å². The van der Waals surface area contributed by atoms with Gasteiger partial charge in [-0.15, -0.1) is 0 Å². The van der Waals surface area contributed by atoms with Gasteiger partial charge in [0.05, 0.1) is 7.11 Å². The number of benzene rings is 1. The van der Waals surface area contributed by atoms with E-state index >= 15 is 0 Å². The molecule has 0 saturated heterocycles. The predicted octanol–water partition coefficient (Wildman–Crippen LogP) is 2.42. The van der Waals surface area contributed by atoms with Crippen molar-refractivity contribution in [2.45, 2.75) is 31.9 Å². The molecule has 1 aromatic carbocycles. The zero-order valence-electron chi connectivity index (χ0n) is 12.0. The highest BCUT2D eigenvalue weighted by Gasteiger charge is 2.67. The van der Waals surface area contributed by atoms with Crippen LogP contribution in [-0.4, -0.2) is 30.6 Å². The van der Waals surface area contributed by atoms with Crippen molar-refractivity contribution in [3.8, 4) is 0 Å². The van der Waals surface area contributed by atoms with Crippen LogP contribution in [0, 0.1) is 11.8 Å². The van der Waals surface area contributed by atoms with Crippen molar-refractivity contribution >= 4 is 11.9 Å². The van der Waals surface area contributed by atoms with E-state index in [1.54, 1.807) is 0 Å².